The third kappa shape index (κ3) is 9.80. The van der Waals surface area contributed by atoms with Gasteiger partial charge < -0.3 is 25.1 Å². The van der Waals surface area contributed by atoms with Crippen molar-refractivity contribution in [3.05, 3.63) is 0 Å². The summed E-state index contributed by atoms with van der Waals surface area (Å²) >= 11 is 0. The van der Waals surface area contributed by atoms with Crippen molar-refractivity contribution in [3.8, 4) is 0 Å². The Labute approximate surface area is 128 Å². The Morgan fingerprint density at radius 2 is 2.00 bits per heavy atom. The van der Waals surface area contributed by atoms with Crippen LogP contribution >= 0.6 is 0 Å². The van der Waals surface area contributed by atoms with Crippen LogP contribution < -0.4 is 45.7 Å². The molecule has 1 atom stereocenters. The van der Waals surface area contributed by atoms with Crippen molar-refractivity contribution < 1.29 is 56.9 Å². The smallest absolute Gasteiger partial charge is 0.548 e. The summed E-state index contributed by atoms with van der Waals surface area (Å²) in [6.45, 7) is 0.147. The van der Waals surface area contributed by atoms with Gasteiger partial charge in [-0.25, -0.2) is 0 Å². The van der Waals surface area contributed by atoms with Crippen molar-refractivity contribution in [2.45, 2.75) is 18.9 Å². The Kier molecular flexibility index (Phi) is 10.9. The number of hydrogen-bond donors (Lipinski definition) is 2. The van der Waals surface area contributed by atoms with Crippen LogP contribution in [0.1, 0.15) is 12.8 Å². The molecule has 0 heterocycles. The second-order valence-corrected chi connectivity index (χ2v) is 4.98. The molecule has 100 valence electrons. The molecule has 0 aromatic carbocycles. The summed E-state index contributed by atoms with van der Waals surface area (Å²) in [4.78, 5) is 21.3. The van der Waals surface area contributed by atoms with Crippen LogP contribution in [-0.2, 0) is 23.9 Å². The van der Waals surface area contributed by atoms with E-state index in [1.807, 2.05) is 0 Å². The summed E-state index contributed by atoms with van der Waals surface area (Å²) in [7, 11) is -2.38. The fourth-order valence-corrected chi connectivity index (χ4v) is 1.75. The zero-order valence-corrected chi connectivity index (χ0v) is 13.2. The minimum absolute atomic E-state index is 0. The van der Waals surface area contributed by atoms with E-state index in [9.17, 15) is 23.1 Å². The Morgan fingerprint density at radius 3 is 2.44 bits per heavy atom. The van der Waals surface area contributed by atoms with Crippen molar-refractivity contribution in [1.82, 2.24) is 5.32 Å². The first-order valence-electron chi connectivity index (χ1n) is 4.84. The molecule has 0 spiro atoms. The molecular formula is C8H15N2NaO6S. The monoisotopic (exact) mass is 290 g/mol. The molecular weight excluding hydrogens is 275 g/mol. The average molecular weight is 290 g/mol. The average Bonchev–Trinajstić information content (AvgIpc) is 2.22. The SMILES string of the molecule is CNCCS(=O)(=O)OC(=O)CC[C@H](N)C(=O)[O-].[Na+]. The largest absolute Gasteiger partial charge is 1.00 e. The van der Waals surface area contributed by atoms with Gasteiger partial charge in [0.2, 0.25) is 0 Å². The molecule has 8 nitrogen and oxygen atoms in total. The minimum Gasteiger partial charge on any atom is -0.548 e. The van der Waals surface area contributed by atoms with Crippen molar-refractivity contribution in [2.75, 3.05) is 19.3 Å². The predicted molar refractivity (Wildman–Crippen MR) is 56.0 cm³/mol. The number of carbonyl (C=O) groups is 2. The number of carboxylic acids is 1. The molecule has 0 saturated carbocycles. The molecule has 0 aromatic heterocycles. The zero-order valence-electron chi connectivity index (χ0n) is 10.3. The maximum absolute atomic E-state index is 11.1. The number of carbonyl (C=O) groups excluding carboxylic acids is 2. The fourth-order valence-electron chi connectivity index (χ4n) is 0.843. The Hall–Kier alpha value is -0.190. The standard InChI is InChI=1S/C8H16N2O6S.Na/c1-10-4-5-17(14,15)16-7(11)3-2-6(9)8(12)13;/h6,10H,2-5,9H2,1H3,(H,12,13);/q;+1/p-1/t6-;/m0./s1. The molecule has 18 heavy (non-hydrogen) atoms. The summed E-state index contributed by atoms with van der Waals surface area (Å²) in [6.07, 6.45) is -0.628. The molecule has 0 amide bonds. The summed E-state index contributed by atoms with van der Waals surface area (Å²) in [5.41, 5.74) is 5.08. The third-order valence-corrected chi connectivity index (χ3v) is 2.93. The van der Waals surface area contributed by atoms with Crippen molar-refractivity contribution in [2.24, 2.45) is 5.73 Å². The molecule has 0 rings (SSSR count). The summed E-state index contributed by atoms with van der Waals surface area (Å²) in [6, 6.07) is -1.32. The molecule has 0 aliphatic heterocycles. The van der Waals surface area contributed by atoms with Crippen LogP contribution in [0.4, 0.5) is 0 Å². The van der Waals surface area contributed by atoms with Gasteiger partial charge in [-0.2, -0.15) is 8.42 Å². The van der Waals surface area contributed by atoms with Gasteiger partial charge in [-0.1, -0.05) is 0 Å². The van der Waals surface area contributed by atoms with Gasteiger partial charge in [0.25, 0.3) is 0 Å². The van der Waals surface area contributed by atoms with E-state index in [1.54, 1.807) is 7.05 Å². The molecule has 0 fully saturated rings. The normalized spacial score (nSPS) is 12.3. The van der Waals surface area contributed by atoms with Crippen LogP contribution in [0.15, 0.2) is 0 Å². The van der Waals surface area contributed by atoms with Gasteiger partial charge in [-0.3, -0.25) is 4.79 Å². The maximum Gasteiger partial charge on any atom is 1.00 e. The van der Waals surface area contributed by atoms with Crippen molar-refractivity contribution >= 4 is 22.1 Å². The van der Waals surface area contributed by atoms with Gasteiger partial charge in [-0.15, -0.1) is 0 Å². The Bertz CT molecular complexity index is 372. The van der Waals surface area contributed by atoms with E-state index >= 15 is 0 Å². The first-order valence-corrected chi connectivity index (χ1v) is 6.42. The first-order chi connectivity index (χ1) is 7.78. The summed E-state index contributed by atoms with van der Waals surface area (Å²) in [5.74, 6) is -2.88. The van der Waals surface area contributed by atoms with E-state index < -0.39 is 34.5 Å². The van der Waals surface area contributed by atoms with Gasteiger partial charge >= 0.3 is 45.6 Å². The maximum atomic E-state index is 11.1. The van der Waals surface area contributed by atoms with E-state index in [-0.39, 0.29) is 48.3 Å². The first kappa shape index (κ1) is 20.1. The molecule has 0 aliphatic carbocycles. The number of carboxylic acid groups (broad SMARTS) is 1. The van der Waals surface area contributed by atoms with Gasteiger partial charge in [0.15, 0.2) is 0 Å². The number of nitrogens with one attached hydrogen (secondary N) is 1. The van der Waals surface area contributed by atoms with E-state index in [4.69, 9.17) is 5.73 Å². The zero-order chi connectivity index (χ0) is 13.5. The van der Waals surface area contributed by atoms with Crippen LogP contribution in [0, 0.1) is 0 Å². The number of rotatable bonds is 8. The predicted octanol–water partition coefficient (Wildman–Crippen LogP) is -6.06. The molecule has 10 heteroatoms. The second kappa shape index (κ2) is 9.70. The summed E-state index contributed by atoms with van der Waals surface area (Å²) < 4.78 is 26.5. The Morgan fingerprint density at radius 1 is 1.44 bits per heavy atom. The van der Waals surface area contributed by atoms with Crippen LogP contribution in [0.3, 0.4) is 0 Å². The van der Waals surface area contributed by atoms with Gasteiger partial charge in [-0.05, 0) is 13.5 Å². The number of nitrogens with two attached hydrogens (primary N) is 1. The summed E-state index contributed by atoms with van der Waals surface area (Å²) in [5, 5.41) is 12.8. The fraction of sp³-hybridized carbons (Fsp3) is 0.750. The van der Waals surface area contributed by atoms with E-state index in [0.717, 1.165) is 0 Å². The Balaban J connectivity index is 0. The second-order valence-electron chi connectivity index (χ2n) is 3.28. The molecule has 0 radical (unpaired) electrons. The van der Waals surface area contributed by atoms with Gasteiger partial charge in [0.1, 0.15) is 0 Å². The van der Waals surface area contributed by atoms with E-state index in [0.29, 0.717) is 0 Å². The molecule has 0 bridgehead atoms. The van der Waals surface area contributed by atoms with Gasteiger partial charge in [0.05, 0.1) is 11.7 Å². The molecule has 0 saturated heterocycles. The molecule has 0 aliphatic rings. The van der Waals surface area contributed by atoms with Crippen LogP contribution in [0.5, 0.6) is 0 Å². The number of hydrogen-bond acceptors (Lipinski definition) is 8. The van der Waals surface area contributed by atoms with Crippen molar-refractivity contribution in [1.29, 1.82) is 0 Å². The van der Waals surface area contributed by atoms with E-state index in [1.165, 1.54) is 0 Å². The minimum atomic E-state index is -3.93. The third-order valence-electron chi connectivity index (χ3n) is 1.78. The molecule has 0 aromatic rings. The van der Waals surface area contributed by atoms with Crippen LogP contribution in [0.2, 0.25) is 0 Å². The van der Waals surface area contributed by atoms with Crippen LogP contribution in [-0.4, -0.2) is 45.7 Å². The van der Waals surface area contributed by atoms with Crippen molar-refractivity contribution in [3.63, 3.8) is 0 Å². The molecule has 0 unspecified atom stereocenters. The molecule has 3 N–H and O–H groups in total. The van der Waals surface area contributed by atoms with Gasteiger partial charge in [0, 0.05) is 19.0 Å². The number of aliphatic carboxylic acids is 1. The van der Waals surface area contributed by atoms with Crippen LogP contribution in [0.25, 0.3) is 0 Å². The topological polar surface area (TPSA) is 139 Å². The van der Waals surface area contributed by atoms with E-state index in [2.05, 4.69) is 9.50 Å². The quantitative estimate of drug-likeness (QED) is 0.332.